The molecule has 0 aliphatic heterocycles. The molecule has 46 heavy (non-hydrogen) atoms. The van der Waals surface area contributed by atoms with Gasteiger partial charge in [-0.15, -0.1) is 11.3 Å². The maximum absolute atomic E-state index is 5.09. The standard InChI is InChI=1S/C41H28N4S/c1-26-19-21-31-34-25-27(24-30-15-10-17-33-32-16-8-9-18-37(32)46-38(30)33)20-22-35(34)45(36(31)23-26)41-43-39(28-11-4-2-5-12-28)42-40(44-41)29-13-6-3-7-14-29/h2-23,25H,24H2,1H3. The molecule has 0 amide bonds. The van der Waals surface area contributed by atoms with Crippen LogP contribution in [0.5, 0.6) is 0 Å². The van der Waals surface area contributed by atoms with Crippen molar-refractivity contribution in [1.29, 1.82) is 0 Å². The van der Waals surface area contributed by atoms with E-state index in [2.05, 4.69) is 90.4 Å². The normalized spacial score (nSPS) is 11.7. The molecule has 0 bridgehead atoms. The highest BCUT2D eigenvalue weighted by atomic mass is 32.1. The molecule has 9 aromatic rings. The van der Waals surface area contributed by atoms with Crippen LogP contribution in [-0.2, 0) is 6.42 Å². The quantitative estimate of drug-likeness (QED) is 0.195. The summed E-state index contributed by atoms with van der Waals surface area (Å²) in [7, 11) is 0. The largest absolute Gasteiger partial charge is 0.278 e. The second kappa shape index (κ2) is 10.8. The van der Waals surface area contributed by atoms with E-state index in [0.29, 0.717) is 17.6 Å². The first kappa shape index (κ1) is 26.7. The highest BCUT2D eigenvalue weighted by Gasteiger charge is 2.19. The van der Waals surface area contributed by atoms with Gasteiger partial charge in [0.15, 0.2) is 11.6 Å². The van der Waals surface area contributed by atoms with Gasteiger partial charge in [-0.3, -0.25) is 4.57 Å². The predicted molar refractivity (Wildman–Crippen MR) is 192 cm³/mol. The number of hydrogen-bond donors (Lipinski definition) is 0. The predicted octanol–water partition coefficient (Wildman–Crippen LogP) is 10.6. The summed E-state index contributed by atoms with van der Waals surface area (Å²) < 4.78 is 4.91. The number of hydrogen-bond acceptors (Lipinski definition) is 4. The fraction of sp³-hybridized carbons (Fsp3) is 0.0488. The zero-order valence-corrected chi connectivity index (χ0v) is 26.0. The minimum absolute atomic E-state index is 0.612. The Labute approximate surface area is 270 Å². The first-order valence-electron chi connectivity index (χ1n) is 15.5. The summed E-state index contributed by atoms with van der Waals surface area (Å²) >= 11 is 1.89. The van der Waals surface area contributed by atoms with E-state index in [4.69, 9.17) is 15.0 Å². The monoisotopic (exact) mass is 608 g/mol. The van der Waals surface area contributed by atoms with E-state index in [1.165, 1.54) is 47.6 Å². The van der Waals surface area contributed by atoms with Crippen LogP contribution in [0.15, 0.2) is 140 Å². The van der Waals surface area contributed by atoms with Gasteiger partial charge in [0.2, 0.25) is 5.95 Å². The summed E-state index contributed by atoms with van der Waals surface area (Å²) in [5, 5.41) is 5.05. The molecule has 0 saturated heterocycles. The number of benzene rings is 6. The molecule has 0 atom stereocenters. The molecule has 0 aliphatic carbocycles. The molecule has 3 heterocycles. The SMILES string of the molecule is Cc1ccc2c3cc(Cc4cccc5c4sc4ccccc45)ccc3n(-c3nc(-c4ccccc4)nc(-c4ccccc4)n3)c2c1. The molecule has 0 unspecified atom stereocenters. The van der Waals surface area contributed by atoms with Gasteiger partial charge in [0.1, 0.15) is 0 Å². The van der Waals surface area contributed by atoms with Crippen LogP contribution in [0.25, 0.3) is 70.7 Å². The summed E-state index contributed by atoms with van der Waals surface area (Å²) in [6, 6.07) is 49.2. The molecule has 0 radical (unpaired) electrons. The Kier molecular flexibility index (Phi) is 6.25. The molecule has 9 rings (SSSR count). The third-order valence-electron chi connectivity index (χ3n) is 8.75. The Morgan fingerprint density at radius 3 is 2.00 bits per heavy atom. The summed E-state index contributed by atoms with van der Waals surface area (Å²) in [6.07, 6.45) is 0.862. The maximum atomic E-state index is 5.09. The van der Waals surface area contributed by atoms with Crippen molar-refractivity contribution in [2.75, 3.05) is 0 Å². The molecule has 0 saturated carbocycles. The fourth-order valence-electron chi connectivity index (χ4n) is 6.57. The third kappa shape index (κ3) is 4.47. The molecule has 0 N–H and O–H groups in total. The van der Waals surface area contributed by atoms with E-state index in [0.717, 1.165) is 28.6 Å². The van der Waals surface area contributed by atoms with Gasteiger partial charge in [0.25, 0.3) is 0 Å². The van der Waals surface area contributed by atoms with Crippen LogP contribution < -0.4 is 0 Å². The topological polar surface area (TPSA) is 43.6 Å². The van der Waals surface area contributed by atoms with Crippen LogP contribution in [0.1, 0.15) is 16.7 Å². The van der Waals surface area contributed by atoms with Crippen molar-refractivity contribution in [3.8, 4) is 28.7 Å². The molecule has 3 aromatic heterocycles. The highest BCUT2D eigenvalue weighted by molar-refractivity contribution is 7.26. The lowest BCUT2D eigenvalue weighted by atomic mass is 10.0. The van der Waals surface area contributed by atoms with Gasteiger partial charge >= 0.3 is 0 Å². The number of aromatic nitrogens is 4. The van der Waals surface area contributed by atoms with Gasteiger partial charge in [0.05, 0.1) is 11.0 Å². The smallest absolute Gasteiger partial charge is 0.238 e. The molecular weight excluding hydrogens is 581 g/mol. The molecule has 6 aromatic carbocycles. The van der Waals surface area contributed by atoms with Crippen LogP contribution in [-0.4, -0.2) is 19.5 Å². The van der Waals surface area contributed by atoms with Gasteiger partial charge in [-0.1, -0.05) is 115 Å². The lowest BCUT2D eigenvalue weighted by Gasteiger charge is -2.11. The van der Waals surface area contributed by atoms with Crippen molar-refractivity contribution in [1.82, 2.24) is 19.5 Å². The van der Waals surface area contributed by atoms with Gasteiger partial charge in [0, 0.05) is 42.1 Å². The van der Waals surface area contributed by atoms with Crippen molar-refractivity contribution in [2.24, 2.45) is 0 Å². The number of aryl methyl sites for hydroxylation is 1. The van der Waals surface area contributed by atoms with E-state index >= 15 is 0 Å². The van der Waals surface area contributed by atoms with Gasteiger partial charge in [-0.25, -0.2) is 4.98 Å². The second-order valence-electron chi connectivity index (χ2n) is 11.8. The van der Waals surface area contributed by atoms with E-state index in [-0.39, 0.29) is 0 Å². The molecule has 0 aliphatic rings. The average molecular weight is 609 g/mol. The van der Waals surface area contributed by atoms with Crippen molar-refractivity contribution in [3.63, 3.8) is 0 Å². The van der Waals surface area contributed by atoms with E-state index in [9.17, 15) is 0 Å². The number of thiophene rings is 1. The zero-order valence-electron chi connectivity index (χ0n) is 25.2. The third-order valence-corrected chi connectivity index (χ3v) is 10.0. The number of fused-ring (bicyclic) bond motifs is 6. The molecule has 5 heteroatoms. The Balaban J connectivity index is 1.24. The lowest BCUT2D eigenvalue weighted by molar-refractivity contribution is 0.953. The minimum atomic E-state index is 0.612. The van der Waals surface area contributed by atoms with E-state index in [1.807, 2.05) is 72.0 Å². The Morgan fingerprint density at radius 1 is 0.543 bits per heavy atom. The summed E-state index contributed by atoms with van der Waals surface area (Å²) in [5.41, 5.74) is 7.90. The number of rotatable bonds is 5. The van der Waals surface area contributed by atoms with Crippen LogP contribution >= 0.6 is 11.3 Å². The highest BCUT2D eigenvalue weighted by Crippen LogP contribution is 2.38. The summed E-state index contributed by atoms with van der Waals surface area (Å²) in [6.45, 7) is 2.14. The van der Waals surface area contributed by atoms with Crippen molar-refractivity contribution in [2.45, 2.75) is 13.3 Å². The van der Waals surface area contributed by atoms with Crippen molar-refractivity contribution >= 4 is 53.3 Å². The Morgan fingerprint density at radius 2 is 1.24 bits per heavy atom. The average Bonchev–Trinajstić information content (AvgIpc) is 3.65. The minimum Gasteiger partial charge on any atom is -0.278 e. The summed E-state index contributed by atoms with van der Waals surface area (Å²) in [5.74, 6) is 1.92. The van der Waals surface area contributed by atoms with Gasteiger partial charge in [-0.05, 0) is 54.3 Å². The van der Waals surface area contributed by atoms with Gasteiger partial charge < -0.3 is 0 Å². The Hall–Kier alpha value is -5.65. The molecule has 4 nitrogen and oxygen atoms in total. The van der Waals surface area contributed by atoms with Crippen LogP contribution in [0.3, 0.4) is 0 Å². The first-order valence-corrected chi connectivity index (χ1v) is 16.3. The van der Waals surface area contributed by atoms with Crippen LogP contribution in [0.4, 0.5) is 0 Å². The van der Waals surface area contributed by atoms with Gasteiger partial charge in [-0.2, -0.15) is 9.97 Å². The van der Waals surface area contributed by atoms with Crippen LogP contribution in [0.2, 0.25) is 0 Å². The fourth-order valence-corrected chi connectivity index (χ4v) is 7.78. The van der Waals surface area contributed by atoms with Crippen molar-refractivity contribution in [3.05, 3.63) is 156 Å². The molecule has 218 valence electrons. The molecule has 0 spiro atoms. The van der Waals surface area contributed by atoms with E-state index in [1.54, 1.807) is 0 Å². The van der Waals surface area contributed by atoms with Crippen molar-refractivity contribution < 1.29 is 0 Å². The molecular formula is C41H28N4S. The molecule has 0 fully saturated rings. The van der Waals surface area contributed by atoms with Crippen LogP contribution in [0, 0.1) is 6.92 Å². The first-order chi connectivity index (χ1) is 22.7. The zero-order chi connectivity index (χ0) is 30.6. The Bertz CT molecular complexity index is 2510. The maximum Gasteiger partial charge on any atom is 0.238 e. The second-order valence-corrected chi connectivity index (χ2v) is 12.8. The lowest BCUT2D eigenvalue weighted by Crippen LogP contribution is -2.06. The summed E-state index contributed by atoms with van der Waals surface area (Å²) in [4.78, 5) is 15.1. The number of nitrogens with zero attached hydrogens (tertiary/aromatic N) is 4. The van der Waals surface area contributed by atoms with E-state index < -0.39 is 0 Å².